The second-order valence-electron chi connectivity index (χ2n) is 3.27. The highest BCUT2D eigenvalue weighted by atomic mass is 79.9. The molecule has 2 atom stereocenters. The molecule has 1 aromatic rings. The van der Waals surface area contributed by atoms with Crippen molar-refractivity contribution in [2.45, 2.75) is 25.7 Å². The normalized spacial score (nSPS) is 15.2. The highest BCUT2D eigenvalue weighted by molar-refractivity contribution is 9.10. The highest BCUT2D eigenvalue weighted by Gasteiger charge is 2.15. The van der Waals surface area contributed by atoms with Crippen LogP contribution < -0.4 is 5.73 Å². The first-order valence-electron chi connectivity index (χ1n) is 4.39. The van der Waals surface area contributed by atoms with E-state index in [0.717, 1.165) is 15.6 Å². The van der Waals surface area contributed by atoms with Gasteiger partial charge in [0.2, 0.25) is 0 Å². The lowest BCUT2D eigenvalue weighted by atomic mass is 9.98. The molecule has 0 aliphatic heterocycles. The highest BCUT2D eigenvalue weighted by Crippen LogP contribution is 2.23. The zero-order chi connectivity index (χ0) is 10.7. The van der Waals surface area contributed by atoms with Gasteiger partial charge in [0.15, 0.2) is 0 Å². The molecule has 0 amide bonds. The molecule has 0 aliphatic rings. The van der Waals surface area contributed by atoms with Gasteiger partial charge in [0, 0.05) is 4.47 Å². The van der Waals surface area contributed by atoms with Gasteiger partial charge in [0.25, 0.3) is 0 Å². The summed E-state index contributed by atoms with van der Waals surface area (Å²) in [5.74, 6) is 0. The van der Waals surface area contributed by atoms with Crippen molar-refractivity contribution in [1.29, 1.82) is 0 Å². The second-order valence-corrected chi connectivity index (χ2v) is 4.18. The third-order valence-electron chi connectivity index (χ3n) is 2.16. The number of hydrogen-bond acceptors (Lipinski definition) is 3. The predicted molar refractivity (Wildman–Crippen MR) is 58.7 cm³/mol. The molecule has 0 saturated carbocycles. The monoisotopic (exact) mass is 259 g/mol. The van der Waals surface area contributed by atoms with E-state index in [4.69, 9.17) is 10.8 Å². The molecular weight excluding hydrogens is 246 g/mol. The zero-order valence-corrected chi connectivity index (χ0v) is 9.53. The minimum Gasteiger partial charge on any atom is -0.392 e. The summed E-state index contributed by atoms with van der Waals surface area (Å²) < 4.78 is 0.890. The first-order valence-corrected chi connectivity index (χ1v) is 5.18. The van der Waals surface area contributed by atoms with Gasteiger partial charge in [-0.05, 0) is 30.2 Å². The second kappa shape index (κ2) is 4.89. The summed E-state index contributed by atoms with van der Waals surface area (Å²) in [5, 5.41) is 18.5. The largest absolute Gasteiger partial charge is 0.392 e. The van der Waals surface area contributed by atoms with Gasteiger partial charge in [0.1, 0.15) is 0 Å². The van der Waals surface area contributed by atoms with E-state index in [1.165, 1.54) is 0 Å². The Kier molecular flexibility index (Phi) is 4.07. The van der Waals surface area contributed by atoms with E-state index in [1.807, 2.05) is 12.1 Å². The minimum atomic E-state index is -0.630. The van der Waals surface area contributed by atoms with Crippen LogP contribution in [0.5, 0.6) is 0 Å². The fraction of sp³-hybridized carbons (Fsp3) is 0.400. The first kappa shape index (κ1) is 11.7. The van der Waals surface area contributed by atoms with Crippen LogP contribution in [-0.2, 0) is 6.61 Å². The van der Waals surface area contributed by atoms with Gasteiger partial charge >= 0.3 is 0 Å². The summed E-state index contributed by atoms with van der Waals surface area (Å²) >= 11 is 3.32. The molecule has 0 aliphatic carbocycles. The van der Waals surface area contributed by atoms with Crippen molar-refractivity contribution >= 4 is 15.9 Å². The molecule has 0 radical (unpaired) electrons. The Hall–Kier alpha value is -0.420. The molecule has 14 heavy (non-hydrogen) atoms. The van der Waals surface area contributed by atoms with Crippen LogP contribution in [0.1, 0.15) is 24.1 Å². The van der Waals surface area contributed by atoms with Crippen LogP contribution in [0.25, 0.3) is 0 Å². The van der Waals surface area contributed by atoms with Crippen molar-refractivity contribution in [3.8, 4) is 0 Å². The summed E-state index contributed by atoms with van der Waals surface area (Å²) in [7, 11) is 0. The van der Waals surface area contributed by atoms with Gasteiger partial charge in [-0.2, -0.15) is 0 Å². The Morgan fingerprint density at radius 2 is 2.14 bits per heavy atom. The van der Waals surface area contributed by atoms with Crippen molar-refractivity contribution in [3.05, 3.63) is 33.8 Å². The molecular formula is C10H14BrNO2. The van der Waals surface area contributed by atoms with Crippen LogP contribution in [0.2, 0.25) is 0 Å². The molecule has 0 fully saturated rings. The maximum Gasteiger partial charge on any atom is 0.0704 e. The number of hydrogen-bond donors (Lipinski definition) is 3. The number of benzene rings is 1. The van der Waals surface area contributed by atoms with Gasteiger partial charge in [-0.25, -0.2) is 0 Å². The number of nitrogens with two attached hydrogens (primary N) is 1. The summed E-state index contributed by atoms with van der Waals surface area (Å²) in [6.45, 7) is 1.57. The molecule has 0 saturated heterocycles. The molecule has 78 valence electrons. The molecule has 0 aromatic heterocycles. The third kappa shape index (κ3) is 2.54. The molecule has 4 heteroatoms. The molecule has 1 rings (SSSR count). The Morgan fingerprint density at radius 3 is 2.64 bits per heavy atom. The molecule has 0 bridgehead atoms. The van der Waals surface area contributed by atoms with E-state index in [-0.39, 0.29) is 6.61 Å². The summed E-state index contributed by atoms with van der Waals surface area (Å²) in [6.07, 6.45) is -0.630. The lowest BCUT2D eigenvalue weighted by Crippen LogP contribution is -2.24. The first-order chi connectivity index (χ1) is 6.56. The third-order valence-corrected chi connectivity index (χ3v) is 2.65. The van der Waals surface area contributed by atoms with Crippen molar-refractivity contribution in [2.24, 2.45) is 5.73 Å². The van der Waals surface area contributed by atoms with Gasteiger partial charge in [-0.15, -0.1) is 0 Å². The van der Waals surface area contributed by atoms with Crippen molar-refractivity contribution < 1.29 is 10.2 Å². The lowest BCUT2D eigenvalue weighted by Gasteiger charge is -2.18. The van der Waals surface area contributed by atoms with Gasteiger partial charge in [-0.1, -0.05) is 22.0 Å². The molecule has 0 unspecified atom stereocenters. The maximum absolute atomic E-state index is 9.36. The summed E-state index contributed by atoms with van der Waals surface area (Å²) in [5.41, 5.74) is 7.33. The van der Waals surface area contributed by atoms with Gasteiger partial charge < -0.3 is 15.9 Å². The van der Waals surface area contributed by atoms with Crippen molar-refractivity contribution in [3.63, 3.8) is 0 Å². The topological polar surface area (TPSA) is 66.5 Å². The van der Waals surface area contributed by atoms with Crippen molar-refractivity contribution in [1.82, 2.24) is 0 Å². The fourth-order valence-corrected chi connectivity index (χ4v) is 1.66. The average Bonchev–Trinajstić information content (AvgIpc) is 2.16. The Balaban J connectivity index is 3.10. The van der Waals surface area contributed by atoms with Gasteiger partial charge in [0.05, 0.1) is 18.8 Å². The number of aliphatic hydroxyl groups excluding tert-OH is 2. The molecule has 1 aromatic carbocycles. The van der Waals surface area contributed by atoms with Crippen LogP contribution >= 0.6 is 15.9 Å². The van der Waals surface area contributed by atoms with Crippen molar-refractivity contribution in [2.75, 3.05) is 0 Å². The van der Waals surface area contributed by atoms with E-state index < -0.39 is 12.1 Å². The Bertz CT molecular complexity index is 315. The van der Waals surface area contributed by atoms with Crippen LogP contribution in [0, 0.1) is 0 Å². The standard InChI is InChI=1S/C10H14BrNO2/c1-6(14)10(12)9-4-8(11)3-2-7(9)5-13/h2-4,6,10,13-14H,5,12H2,1H3/t6-,10+/m0/s1. The lowest BCUT2D eigenvalue weighted by molar-refractivity contribution is 0.163. The van der Waals surface area contributed by atoms with Crippen LogP contribution in [0.3, 0.4) is 0 Å². The van der Waals surface area contributed by atoms with E-state index in [0.29, 0.717) is 0 Å². The Morgan fingerprint density at radius 1 is 1.50 bits per heavy atom. The number of halogens is 1. The summed E-state index contributed by atoms with van der Waals surface area (Å²) in [4.78, 5) is 0. The quantitative estimate of drug-likeness (QED) is 0.767. The predicted octanol–water partition coefficient (Wildman–Crippen LogP) is 1.32. The van der Waals surface area contributed by atoms with Crippen LogP contribution in [0.15, 0.2) is 22.7 Å². The molecule has 3 nitrogen and oxygen atoms in total. The van der Waals surface area contributed by atoms with E-state index in [2.05, 4.69) is 15.9 Å². The smallest absolute Gasteiger partial charge is 0.0704 e. The zero-order valence-electron chi connectivity index (χ0n) is 7.94. The average molecular weight is 260 g/mol. The number of rotatable bonds is 3. The van der Waals surface area contributed by atoms with E-state index in [9.17, 15) is 5.11 Å². The molecule has 0 heterocycles. The molecule has 0 spiro atoms. The van der Waals surface area contributed by atoms with E-state index >= 15 is 0 Å². The minimum absolute atomic E-state index is 0.0664. The van der Waals surface area contributed by atoms with E-state index in [1.54, 1.807) is 13.0 Å². The fourth-order valence-electron chi connectivity index (χ4n) is 1.28. The van der Waals surface area contributed by atoms with Crippen LogP contribution in [0.4, 0.5) is 0 Å². The van der Waals surface area contributed by atoms with Gasteiger partial charge in [-0.3, -0.25) is 0 Å². The SMILES string of the molecule is C[C@H](O)[C@@H](N)c1cc(Br)ccc1CO. The summed E-state index contributed by atoms with van der Waals surface area (Å²) in [6, 6.07) is 4.99. The number of aliphatic hydroxyl groups is 2. The van der Waals surface area contributed by atoms with Crippen LogP contribution in [-0.4, -0.2) is 16.3 Å². The maximum atomic E-state index is 9.36. The molecule has 4 N–H and O–H groups in total. The Labute approximate surface area is 91.7 Å².